The van der Waals surface area contributed by atoms with Gasteiger partial charge < -0.3 is 23.7 Å². The van der Waals surface area contributed by atoms with Crippen LogP contribution in [-0.4, -0.2) is 38.7 Å². The lowest BCUT2D eigenvalue weighted by Crippen LogP contribution is -2.20. The summed E-state index contributed by atoms with van der Waals surface area (Å²) in [5, 5.41) is 0. The molecule has 0 aliphatic carbocycles. The summed E-state index contributed by atoms with van der Waals surface area (Å²) in [6, 6.07) is 10.6. The third kappa shape index (κ3) is 5.57. The fourth-order valence-corrected chi connectivity index (χ4v) is 3.77. The molecule has 0 radical (unpaired) electrons. The van der Waals surface area contributed by atoms with Gasteiger partial charge in [0.1, 0.15) is 0 Å². The minimum atomic E-state index is -0.439. The zero-order valence-corrected chi connectivity index (χ0v) is 18.5. The number of carbonyl (C=O) groups is 3. The van der Waals surface area contributed by atoms with Crippen LogP contribution in [0.3, 0.4) is 0 Å². The number of hydrogen-bond donors (Lipinski definition) is 0. The van der Waals surface area contributed by atoms with E-state index in [2.05, 4.69) is 0 Å². The van der Waals surface area contributed by atoms with Gasteiger partial charge in [-0.05, 0) is 48.2 Å². The molecule has 0 saturated carbocycles. The van der Waals surface area contributed by atoms with E-state index < -0.39 is 11.9 Å². The van der Waals surface area contributed by atoms with Crippen LogP contribution in [0.4, 0.5) is 0 Å². The van der Waals surface area contributed by atoms with Crippen molar-refractivity contribution in [2.24, 2.45) is 11.8 Å². The molecule has 8 nitrogen and oxygen atoms in total. The number of benzene rings is 2. The van der Waals surface area contributed by atoms with Gasteiger partial charge in [-0.2, -0.15) is 0 Å². The Balaban J connectivity index is 1.76. The molecule has 1 saturated heterocycles. The average Bonchev–Trinajstić information content (AvgIpc) is 3.08. The van der Waals surface area contributed by atoms with Crippen molar-refractivity contribution < 1.29 is 38.1 Å². The Hall–Kier alpha value is -3.55. The summed E-state index contributed by atoms with van der Waals surface area (Å²) in [6.07, 6.45) is 1.05. The van der Waals surface area contributed by atoms with Crippen LogP contribution >= 0.6 is 0 Å². The molecule has 1 aliphatic rings. The Kier molecular flexibility index (Phi) is 7.35. The Bertz CT molecular complexity index is 1010. The highest BCUT2D eigenvalue weighted by atomic mass is 16.6. The fraction of sp³-hybridized carbons (Fsp3) is 0.375. The standard InChI is InChI=1S/C24H26O8/c1-14(25)31-20-7-5-16(11-22(20)28-3)9-18-13-30-24(27)19(18)10-17-6-8-21(32-15(2)26)23(12-17)29-4/h5-8,11-12,18-19H,9-10,13H2,1-4H3/t18-,19+/m0/s1. The van der Waals surface area contributed by atoms with E-state index >= 15 is 0 Å². The zero-order chi connectivity index (χ0) is 23.3. The minimum absolute atomic E-state index is 0.0362. The first-order valence-electron chi connectivity index (χ1n) is 10.2. The summed E-state index contributed by atoms with van der Waals surface area (Å²) in [7, 11) is 3.00. The summed E-state index contributed by atoms with van der Waals surface area (Å²) in [5.41, 5.74) is 1.81. The molecule has 1 aliphatic heterocycles. The Morgan fingerprint density at radius 2 is 1.34 bits per heavy atom. The molecule has 8 heteroatoms. The molecule has 0 bridgehead atoms. The first-order valence-corrected chi connectivity index (χ1v) is 10.2. The monoisotopic (exact) mass is 442 g/mol. The summed E-state index contributed by atoms with van der Waals surface area (Å²) in [5.74, 6) is 0.0579. The van der Waals surface area contributed by atoms with Gasteiger partial charge in [0.05, 0.1) is 26.7 Å². The normalized spacial score (nSPS) is 17.4. The lowest BCUT2D eigenvalue weighted by molar-refractivity contribution is -0.141. The third-order valence-electron chi connectivity index (χ3n) is 5.23. The van der Waals surface area contributed by atoms with E-state index in [4.69, 9.17) is 23.7 Å². The topological polar surface area (TPSA) is 97.4 Å². The number of esters is 3. The van der Waals surface area contributed by atoms with E-state index in [1.165, 1.54) is 28.1 Å². The number of carbonyl (C=O) groups excluding carboxylic acids is 3. The largest absolute Gasteiger partial charge is 0.493 e. The minimum Gasteiger partial charge on any atom is -0.493 e. The van der Waals surface area contributed by atoms with Gasteiger partial charge in [0.25, 0.3) is 0 Å². The van der Waals surface area contributed by atoms with Crippen molar-refractivity contribution in [1.29, 1.82) is 0 Å². The van der Waals surface area contributed by atoms with Gasteiger partial charge in [0.2, 0.25) is 0 Å². The third-order valence-corrected chi connectivity index (χ3v) is 5.23. The maximum atomic E-state index is 12.4. The summed E-state index contributed by atoms with van der Waals surface area (Å²) in [6.45, 7) is 2.97. The highest BCUT2D eigenvalue weighted by Crippen LogP contribution is 2.35. The molecule has 170 valence electrons. The number of methoxy groups -OCH3 is 2. The Labute approximate surface area is 186 Å². The molecule has 2 aromatic carbocycles. The quantitative estimate of drug-likeness (QED) is 0.454. The van der Waals surface area contributed by atoms with Crippen LogP contribution < -0.4 is 18.9 Å². The van der Waals surface area contributed by atoms with Crippen LogP contribution in [-0.2, 0) is 32.0 Å². The van der Waals surface area contributed by atoms with E-state index in [9.17, 15) is 14.4 Å². The highest BCUT2D eigenvalue weighted by molar-refractivity contribution is 5.75. The zero-order valence-electron chi connectivity index (χ0n) is 18.5. The number of cyclic esters (lactones) is 1. The lowest BCUT2D eigenvalue weighted by atomic mass is 9.85. The molecule has 0 N–H and O–H groups in total. The van der Waals surface area contributed by atoms with Crippen LogP contribution in [0.1, 0.15) is 25.0 Å². The van der Waals surface area contributed by atoms with Crippen LogP contribution in [0.5, 0.6) is 23.0 Å². The van der Waals surface area contributed by atoms with Crippen molar-refractivity contribution in [3.8, 4) is 23.0 Å². The van der Waals surface area contributed by atoms with E-state index in [0.29, 0.717) is 42.4 Å². The van der Waals surface area contributed by atoms with Crippen molar-refractivity contribution >= 4 is 17.9 Å². The van der Waals surface area contributed by atoms with Gasteiger partial charge in [0, 0.05) is 19.8 Å². The van der Waals surface area contributed by atoms with Crippen molar-refractivity contribution in [2.75, 3.05) is 20.8 Å². The second-order valence-electron chi connectivity index (χ2n) is 7.56. The maximum absolute atomic E-state index is 12.4. The summed E-state index contributed by atoms with van der Waals surface area (Å²) in [4.78, 5) is 34.9. The van der Waals surface area contributed by atoms with E-state index in [1.54, 1.807) is 30.3 Å². The van der Waals surface area contributed by atoms with Gasteiger partial charge in [-0.15, -0.1) is 0 Å². The van der Waals surface area contributed by atoms with Crippen molar-refractivity contribution in [3.63, 3.8) is 0 Å². The van der Waals surface area contributed by atoms with Gasteiger partial charge in [0.15, 0.2) is 23.0 Å². The first-order chi connectivity index (χ1) is 15.3. The summed E-state index contributed by atoms with van der Waals surface area (Å²) >= 11 is 0. The highest BCUT2D eigenvalue weighted by Gasteiger charge is 2.37. The van der Waals surface area contributed by atoms with Crippen molar-refractivity contribution in [1.82, 2.24) is 0 Å². The molecular formula is C24H26O8. The molecule has 0 unspecified atom stereocenters. The first kappa shape index (κ1) is 23.1. The van der Waals surface area contributed by atoms with E-state index in [-0.39, 0.29) is 17.8 Å². The molecule has 0 spiro atoms. The van der Waals surface area contributed by atoms with Crippen LogP contribution in [0.2, 0.25) is 0 Å². The summed E-state index contributed by atoms with van der Waals surface area (Å²) < 4.78 is 26.3. The van der Waals surface area contributed by atoms with Gasteiger partial charge in [-0.1, -0.05) is 12.1 Å². The van der Waals surface area contributed by atoms with Crippen molar-refractivity contribution in [2.45, 2.75) is 26.7 Å². The SMILES string of the molecule is COc1cc(C[C@H]2COC(=O)[C@@H]2Cc2ccc(OC(C)=O)c(OC)c2)ccc1OC(C)=O. The van der Waals surface area contributed by atoms with Crippen LogP contribution in [0.15, 0.2) is 36.4 Å². The van der Waals surface area contributed by atoms with E-state index in [1.807, 2.05) is 6.07 Å². The molecule has 3 rings (SSSR count). The van der Waals surface area contributed by atoms with Gasteiger partial charge in [-0.3, -0.25) is 14.4 Å². The molecule has 2 aromatic rings. The molecule has 1 heterocycles. The fourth-order valence-electron chi connectivity index (χ4n) is 3.77. The molecule has 1 fully saturated rings. The second kappa shape index (κ2) is 10.2. The molecular weight excluding hydrogens is 416 g/mol. The number of rotatable bonds is 8. The predicted molar refractivity (Wildman–Crippen MR) is 114 cm³/mol. The van der Waals surface area contributed by atoms with Crippen LogP contribution in [0, 0.1) is 11.8 Å². The second-order valence-corrected chi connectivity index (χ2v) is 7.56. The molecule has 32 heavy (non-hydrogen) atoms. The van der Waals surface area contributed by atoms with Crippen molar-refractivity contribution in [3.05, 3.63) is 47.5 Å². The lowest BCUT2D eigenvalue weighted by Gasteiger charge is -2.17. The maximum Gasteiger partial charge on any atom is 0.309 e. The molecule has 2 atom stereocenters. The van der Waals surface area contributed by atoms with Gasteiger partial charge in [-0.25, -0.2) is 0 Å². The molecule has 0 amide bonds. The number of ether oxygens (including phenoxy) is 5. The van der Waals surface area contributed by atoms with Gasteiger partial charge >= 0.3 is 17.9 Å². The van der Waals surface area contributed by atoms with Crippen LogP contribution in [0.25, 0.3) is 0 Å². The smallest absolute Gasteiger partial charge is 0.309 e. The van der Waals surface area contributed by atoms with E-state index in [0.717, 1.165) is 11.1 Å². The Morgan fingerprint density at radius 3 is 1.81 bits per heavy atom. The predicted octanol–water partition coefficient (Wildman–Crippen LogP) is 3.13. The average molecular weight is 442 g/mol. The number of hydrogen-bond acceptors (Lipinski definition) is 8. The molecule has 0 aromatic heterocycles. The Morgan fingerprint density at radius 1 is 0.844 bits per heavy atom.